The summed E-state index contributed by atoms with van der Waals surface area (Å²) in [7, 11) is 1.87. The van der Waals surface area contributed by atoms with Crippen LogP contribution in [-0.2, 0) is 35.9 Å². The molecule has 0 unspecified atom stereocenters. The van der Waals surface area contributed by atoms with E-state index in [1.54, 1.807) is 24.3 Å². The van der Waals surface area contributed by atoms with Crippen LogP contribution in [0, 0.1) is 0 Å². The second kappa shape index (κ2) is 7.77. The zero-order valence-corrected chi connectivity index (χ0v) is 14.3. The number of aliphatic carboxylic acids is 1. The number of carboxylic acids is 1. The minimum Gasteiger partial charge on any atom is -0.480 e. The SMILES string of the molecule is CCc1nn(C)c(CC)c1CC(=O)N(CC(=O)O)c1ccccc1. The van der Waals surface area contributed by atoms with Crippen LogP contribution in [0.15, 0.2) is 30.3 Å². The molecule has 0 bridgehead atoms. The van der Waals surface area contributed by atoms with E-state index in [0.29, 0.717) is 5.69 Å². The maximum atomic E-state index is 12.8. The number of carbonyl (C=O) groups excluding carboxylic acids is 1. The Morgan fingerprint density at radius 3 is 2.38 bits per heavy atom. The lowest BCUT2D eigenvalue weighted by Crippen LogP contribution is -2.37. The summed E-state index contributed by atoms with van der Waals surface area (Å²) in [6.07, 6.45) is 1.67. The van der Waals surface area contributed by atoms with E-state index < -0.39 is 5.97 Å². The van der Waals surface area contributed by atoms with Crippen molar-refractivity contribution < 1.29 is 14.7 Å². The van der Waals surface area contributed by atoms with Gasteiger partial charge in [0.15, 0.2) is 0 Å². The van der Waals surface area contributed by atoms with Gasteiger partial charge in [-0.2, -0.15) is 5.10 Å². The Labute approximate surface area is 141 Å². The Balaban J connectivity index is 2.33. The zero-order chi connectivity index (χ0) is 17.7. The summed E-state index contributed by atoms with van der Waals surface area (Å²) < 4.78 is 1.81. The van der Waals surface area contributed by atoms with Crippen LogP contribution in [0.2, 0.25) is 0 Å². The average Bonchev–Trinajstić information content (AvgIpc) is 2.87. The Morgan fingerprint density at radius 2 is 1.83 bits per heavy atom. The number of hydrogen-bond donors (Lipinski definition) is 1. The van der Waals surface area contributed by atoms with Crippen molar-refractivity contribution in [1.82, 2.24) is 9.78 Å². The number of amides is 1. The molecule has 1 aromatic heterocycles. The first kappa shape index (κ1) is 17.7. The number of rotatable bonds is 7. The largest absolute Gasteiger partial charge is 0.480 e. The minimum absolute atomic E-state index is 0.155. The lowest BCUT2D eigenvalue weighted by Gasteiger charge is -2.21. The number of aromatic nitrogens is 2. The molecule has 0 saturated heterocycles. The van der Waals surface area contributed by atoms with Gasteiger partial charge in [-0.1, -0.05) is 32.0 Å². The van der Waals surface area contributed by atoms with Crippen LogP contribution in [0.3, 0.4) is 0 Å². The molecular weight excluding hydrogens is 306 g/mol. The molecule has 1 aromatic carbocycles. The molecule has 24 heavy (non-hydrogen) atoms. The fourth-order valence-electron chi connectivity index (χ4n) is 2.91. The van der Waals surface area contributed by atoms with E-state index in [4.69, 9.17) is 5.11 Å². The van der Waals surface area contributed by atoms with Gasteiger partial charge >= 0.3 is 5.97 Å². The first-order valence-electron chi connectivity index (χ1n) is 8.08. The highest BCUT2D eigenvalue weighted by atomic mass is 16.4. The first-order chi connectivity index (χ1) is 11.5. The zero-order valence-electron chi connectivity index (χ0n) is 14.3. The highest BCUT2D eigenvalue weighted by Gasteiger charge is 2.23. The summed E-state index contributed by atoms with van der Waals surface area (Å²) in [6.45, 7) is 3.67. The van der Waals surface area contributed by atoms with Gasteiger partial charge in [0, 0.05) is 24.0 Å². The third-order valence-corrected chi connectivity index (χ3v) is 4.02. The molecule has 0 spiro atoms. The second-order valence-electron chi connectivity index (χ2n) is 5.59. The molecule has 1 amide bonds. The van der Waals surface area contributed by atoms with E-state index in [2.05, 4.69) is 5.10 Å². The van der Waals surface area contributed by atoms with E-state index in [1.807, 2.05) is 31.6 Å². The number of hydrogen-bond acceptors (Lipinski definition) is 3. The summed E-state index contributed by atoms with van der Waals surface area (Å²) >= 11 is 0. The van der Waals surface area contributed by atoms with Gasteiger partial charge in [0.25, 0.3) is 0 Å². The van der Waals surface area contributed by atoms with Gasteiger partial charge in [-0.25, -0.2) is 0 Å². The maximum Gasteiger partial charge on any atom is 0.323 e. The molecule has 0 atom stereocenters. The maximum absolute atomic E-state index is 12.8. The Hall–Kier alpha value is -2.63. The van der Waals surface area contributed by atoms with E-state index in [9.17, 15) is 9.59 Å². The third-order valence-electron chi connectivity index (χ3n) is 4.02. The van der Waals surface area contributed by atoms with Gasteiger partial charge in [-0.15, -0.1) is 0 Å². The average molecular weight is 329 g/mol. The molecule has 0 aliphatic heterocycles. The van der Waals surface area contributed by atoms with Crippen LogP contribution < -0.4 is 4.90 Å². The third kappa shape index (κ3) is 3.82. The molecule has 0 aliphatic rings. The summed E-state index contributed by atoms with van der Waals surface area (Å²) in [5.74, 6) is -1.27. The van der Waals surface area contributed by atoms with Crippen LogP contribution in [0.1, 0.15) is 30.8 Å². The van der Waals surface area contributed by atoms with Crippen molar-refractivity contribution in [1.29, 1.82) is 0 Å². The van der Waals surface area contributed by atoms with Crippen molar-refractivity contribution in [3.8, 4) is 0 Å². The summed E-state index contributed by atoms with van der Waals surface area (Å²) in [5.41, 5.74) is 3.42. The van der Waals surface area contributed by atoms with Crippen molar-refractivity contribution in [2.75, 3.05) is 11.4 Å². The Bertz CT molecular complexity index is 723. The summed E-state index contributed by atoms with van der Waals surface area (Å²) in [4.78, 5) is 25.3. The number of anilines is 1. The lowest BCUT2D eigenvalue weighted by atomic mass is 10.0. The molecule has 6 heteroatoms. The quantitative estimate of drug-likeness (QED) is 0.845. The lowest BCUT2D eigenvalue weighted by molar-refractivity contribution is -0.136. The topological polar surface area (TPSA) is 75.4 Å². The van der Waals surface area contributed by atoms with E-state index in [-0.39, 0.29) is 18.9 Å². The molecule has 0 aliphatic carbocycles. The first-order valence-corrected chi connectivity index (χ1v) is 8.08. The van der Waals surface area contributed by atoms with Crippen LogP contribution >= 0.6 is 0 Å². The van der Waals surface area contributed by atoms with Gasteiger partial charge in [0.1, 0.15) is 6.54 Å². The molecule has 6 nitrogen and oxygen atoms in total. The predicted octanol–water partition coefficient (Wildman–Crippen LogP) is 2.21. The molecule has 128 valence electrons. The summed E-state index contributed by atoms with van der Waals surface area (Å²) in [5, 5.41) is 13.6. The molecule has 2 aromatic rings. The fourth-order valence-corrected chi connectivity index (χ4v) is 2.91. The number of benzene rings is 1. The van der Waals surface area contributed by atoms with Crippen molar-refractivity contribution in [2.45, 2.75) is 33.1 Å². The van der Waals surface area contributed by atoms with Crippen LogP contribution in [0.5, 0.6) is 0 Å². The molecule has 1 N–H and O–H groups in total. The number of carboxylic acid groups (broad SMARTS) is 1. The number of para-hydroxylation sites is 1. The monoisotopic (exact) mass is 329 g/mol. The Morgan fingerprint density at radius 1 is 1.17 bits per heavy atom. The standard InChI is InChI=1S/C18H23N3O3/c1-4-15-14(16(5-2)20(3)19-15)11-17(22)21(12-18(23)24)13-9-7-6-8-10-13/h6-10H,4-5,11-12H2,1-3H3,(H,23,24). The van der Waals surface area contributed by atoms with Gasteiger partial charge in [-0.3, -0.25) is 14.3 Å². The van der Waals surface area contributed by atoms with Crippen molar-refractivity contribution >= 4 is 17.6 Å². The van der Waals surface area contributed by atoms with Crippen LogP contribution in [0.25, 0.3) is 0 Å². The van der Waals surface area contributed by atoms with E-state index in [1.165, 1.54) is 4.90 Å². The molecule has 0 radical (unpaired) electrons. The van der Waals surface area contributed by atoms with Gasteiger partial charge in [-0.05, 0) is 25.0 Å². The number of carbonyl (C=O) groups is 2. The molecule has 0 fully saturated rings. The smallest absolute Gasteiger partial charge is 0.323 e. The van der Waals surface area contributed by atoms with E-state index in [0.717, 1.165) is 29.8 Å². The normalized spacial score (nSPS) is 10.6. The molecule has 2 rings (SSSR count). The number of aryl methyl sites for hydroxylation is 2. The molecule has 0 saturated carbocycles. The van der Waals surface area contributed by atoms with Crippen molar-refractivity contribution in [3.63, 3.8) is 0 Å². The van der Waals surface area contributed by atoms with Gasteiger partial charge < -0.3 is 10.0 Å². The Kier molecular flexibility index (Phi) is 5.73. The highest BCUT2D eigenvalue weighted by Crippen LogP contribution is 2.20. The minimum atomic E-state index is -1.04. The van der Waals surface area contributed by atoms with Gasteiger partial charge in [0.2, 0.25) is 5.91 Å². The predicted molar refractivity (Wildman–Crippen MR) is 92.1 cm³/mol. The van der Waals surface area contributed by atoms with Crippen LogP contribution in [-0.4, -0.2) is 33.3 Å². The number of nitrogens with zero attached hydrogens (tertiary/aromatic N) is 3. The second-order valence-corrected chi connectivity index (χ2v) is 5.59. The highest BCUT2D eigenvalue weighted by molar-refractivity contribution is 5.98. The fraction of sp³-hybridized carbons (Fsp3) is 0.389. The van der Waals surface area contributed by atoms with E-state index >= 15 is 0 Å². The summed E-state index contributed by atoms with van der Waals surface area (Å²) in [6, 6.07) is 8.89. The van der Waals surface area contributed by atoms with Crippen molar-refractivity contribution in [2.24, 2.45) is 7.05 Å². The van der Waals surface area contributed by atoms with Gasteiger partial charge in [0.05, 0.1) is 12.1 Å². The van der Waals surface area contributed by atoms with Crippen molar-refractivity contribution in [3.05, 3.63) is 47.3 Å². The molecule has 1 heterocycles. The van der Waals surface area contributed by atoms with Crippen LogP contribution in [0.4, 0.5) is 5.69 Å². The molecular formula is C18H23N3O3.